The number of nitrogens with zero attached hydrogens (tertiary/aromatic N) is 2. The number of aliphatic hydroxyl groups excluding tert-OH is 1. The summed E-state index contributed by atoms with van der Waals surface area (Å²) in [6.07, 6.45) is 2.54. The fraction of sp³-hybridized carbons (Fsp3) is 0.667. The van der Waals surface area contributed by atoms with Gasteiger partial charge in [-0.05, 0) is 19.6 Å². The molecule has 1 amide bonds. The van der Waals surface area contributed by atoms with E-state index in [0.717, 1.165) is 0 Å². The molecule has 1 heterocycles. The van der Waals surface area contributed by atoms with Gasteiger partial charge in [-0.2, -0.15) is 16.9 Å². The van der Waals surface area contributed by atoms with E-state index in [-0.39, 0.29) is 23.8 Å². The lowest BCUT2D eigenvalue weighted by Gasteiger charge is -2.21. The number of carbonyl (C=O) groups is 1. The maximum atomic E-state index is 12.3. The average Bonchev–Trinajstić information content (AvgIpc) is 2.66. The predicted molar refractivity (Wildman–Crippen MR) is 78.9 cm³/mol. The van der Waals surface area contributed by atoms with Crippen LogP contribution >= 0.6 is 23.4 Å². The van der Waals surface area contributed by atoms with Gasteiger partial charge in [0.05, 0.1) is 17.9 Å². The molecular formula is C12H20ClN3O2S. The number of nitrogens with one attached hydrogen (secondary N) is 1. The normalized spacial score (nSPS) is 14.2. The lowest BCUT2D eigenvalue weighted by atomic mass is 10.1. The van der Waals surface area contributed by atoms with Gasteiger partial charge in [0, 0.05) is 18.3 Å². The second kappa shape index (κ2) is 7.17. The summed E-state index contributed by atoms with van der Waals surface area (Å²) in [5, 5.41) is 16.6. The van der Waals surface area contributed by atoms with E-state index in [4.69, 9.17) is 11.6 Å². The topological polar surface area (TPSA) is 67.2 Å². The summed E-state index contributed by atoms with van der Waals surface area (Å²) in [6.45, 7) is 3.81. The van der Waals surface area contributed by atoms with Crippen molar-refractivity contribution in [3.05, 3.63) is 16.4 Å². The first kappa shape index (κ1) is 16.3. The number of halogens is 1. The molecule has 2 N–H and O–H groups in total. The highest BCUT2D eigenvalue weighted by Crippen LogP contribution is 2.20. The van der Waals surface area contributed by atoms with Gasteiger partial charge < -0.3 is 10.4 Å². The van der Waals surface area contributed by atoms with Crippen LogP contribution < -0.4 is 5.32 Å². The molecule has 7 heteroatoms. The van der Waals surface area contributed by atoms with E-state index in [9.17, 15) is 9.90 Å². The van der Waals surface area contributed by atoms with Crippen LogP contribution in [0.15, 0.2) is 0 Å². The molecule has 108 valence electrons. The number of hydrogen-bond acceptors (Lipinski definition) is 4. The van der Waals surface area contributed by atoms with Gasteiger partial charge in [0.2, 0.25) is 0 Å². The Hall–Kier alpha value is -0.720. The number of aromatic nitrogens is 2. The van der Waals surface area contributed by atoms with Crippen LogP contribution in [0.1, 0.15) is 29.9 Å². The van der Waals surface area contributed by atoms with Crippen LogP contribution in [0, 0.1) is 0 Å². The zero-order chi connectivity index (χ0) is 14.6. The Morgan fingerprint density at radius 1 is 1.63 bits per heavy atom. The van der Waals surface area contributed by atoms with Gasteiger partial charge in [0.25, 0.3) is 5.91 Å². The summed E-state index contributed by atoms with van der Waals surface area (Å²) in [5.41, 5.74) is 1.11. The highest BCUT2D eigenvalue weighted by molar-refractivity contribution is 7.99. The standard InChI is InChI=1S/C12H20ClN3O2S/c1-5-8-10(11(13)16(3)15-8)12(18)14-7(2)9(6-17)19-4/h7,9,17H,5-6H2,1-4H3,(H,14,18). The fourth-order valence-electron chi connectivity index (χ4n) is 1.84. The summed E-state index contributed by atoms with van der Waals surface area (Å²) < 4.78 is 1.50. The number of aliphatic hydroxyl groups is 1. The van der Waals surface area contributed by atoms with Crippen molar-refractivity contribution < 1.29 is 9.90 Å². The quantitative estimate of drug-likeness (QED) is 0.835. The second-order valence-corrected chi connectivity index (χ2v) is 5.74. The largest absolute Gasteiger partial charge is 0.395 e. The highest BCUT2D eigenvalue weighted by atomic mass is 35.5. The molecule has 2 atom stereocenters. The van der Waals surface area contributed by atoms with Gasteiger partial charge in [0.15, 0.2) is 0 Å². The average molecular weight is 306 g/mol. The van der Waals surface area contributed by atoms with Crippen molar-refractivity contribution in [2.24, 2.45) is 7.05 Å². The molecule has 0 saturated heterocycles. The first-order chi connectivity index (χ1) is 8.96. The van der Waals surface area contributed by atoms with Crippen molar-refractivity contribution in [1.29, 1.82) is 0 Å². The lowest BCUT2D eigenvalue weighted by molar-refractivity contribution is 0.0935. The van der Waals surface area contributed by atoms with Crippen molar-refractivity contribution in [2.75, 3.05) is 12.9 Å². The number of carbonyl (C=O) groups excluding carboxylic acids is 1. The molecule has 1 aromatic rings. The minimum atomic E-state index is -0.241. The number of amides is 1. The van der Waals surface area contributed by atoms with Crippen LogP contribution in [0.5, 0.6) is 0 Å². The summed E-state index contributed by atoms with van der Waals surface area (Å²) in [7, 11) is 1.71. The zero-order valence-corrected chi connectivity index (χ0v) is 13.2. The third-order valence-electron chi connectivity index (χ3n) is 3.01. The van der Waals surface area contributed by atoms with E-state index in [2.05, 4.69) is 10.4 Å². The van der Waals surface area contributed by atoms with Gasteiger partial charge in [-0.1, -0.05) is 18.5 Å². The van der Waals surface area contributed by atoms with Gasteiger partial charge in [-0.25, -0.2) is 0 Å². The molecule has 0 spiro atoms. The van der Waals surface area contributed by atoms with E-state index in [1.165, 1.54) is 16.4 Å². The van der Waals surface area contributed by atoms with E-state index < -0.39 is 0 Å². The minimum Gasteiger partial charge on any atom is -0.395 e. The van der Waals surface area contributed by atoms with E-state index >= 15 is 0 Å². The molecule has 0 aliphatic carbocycles. The van der Waals surface area contributed by atoms with Crippen LogP contribution in [0.4, 0.5) is 0 Å². The molecule has 1 rings (SSSR count). The Labute approximate surface area is 122 Å². The zero-order valence-electron chi connectivity index (χ0n) is 11.6. The summed E-state index contributed by atoms with van der Waals surface area (Å²) in [4.78, 5) is 12.3. The maximum absolute atomic E-state index is 12.3. The summed E-state index contributed by atoms with van der Waals surface area (Å²) in [5.74, 6) is -0.241. The molecule has 0 saturated carbocycles. The Morgan fingerprint density at radius 2 is 2.26 bits per heavy atom. The molecule has 0 bridgehead atoms. The molecule has 19 heavy (non-hydrogen) atoms. The van der Waals surface area contributed by atoms with Gasteiger partial charge in [-0.3, -0.25) is 9.48 Å². The molecule has 5 nitrogen and oxygen atoms in total. The molecule has 2 unspecified atom stereocenters. The molecule has 1 aromatic heterocycles. The Kier molecular flexibility index (Phi) is 6.16. The van der Waals surface area contributed by atoms with Crippen LogP contribution in [0.3, 0.4) is 0 Å². The summed E-state index contributed by atoms with van der Waals surface area (Å²) >= 11 is 7.62. The number of hydrogen-bond donors (Lipinski definition) is 2. The number of rotatable bonds is 6. The van der Waals surface area contributed by atoms with Crippen molar-refractivity contribution in [2.45, 2.75) is 31.6 Å². The minimum absolute atomic E-state index is 0.0179. The summed E-state index contributed by atoms with van der Waals surface area (Å²) in [6, 6.07) is -0.145. The van der Waals surface area contributed by atoms with E-state index in [1.54, 1.807) is 7.05 Å². The van der Waals surface area contributed by atoms with Gasteiger partial charge in [0.1, 0.15) is 5.15 Å². The first-order valence-corrected chi connectivity index (χ1v) is 7.78. The molecule has 0 aliphatic heterocycles. The van der Waals surface area contributed by atoms with Crippen LogP contribution in [0.2, 0.25) is 5.15 Å². The Morgan fingerprint density at radius 3 is 2.74 bits per heavy atom. The third kappa shape index (κ3) is 3.64. The monoisotopic (exact) mass is 305 g/mol. The number of aryl methyl sites for hydroxylation is 2. The molecule has 0 aliphatic rings. The fourth-order valence-corrected chi connectivity index (χ4v) is 2.69. The second-order valence-electron chi connectivity index (χ2n) is 4.31. The molecule has 0 fully saturated rings. The van der Waals surface area contributed by atoms with Crippen molar-refractivity contribution in [3.8, 4) is 0 Å². The van der Waals surface area contributed by atoms with E-state index in [0.29, 0.717) is 22.8 Å². The first-order valence-electron chi connectivity index (χ1n) is 6.12. The third-order valence-corrected chi connectivity index (χ3v) is 4.61. The van der Waals surface area contributed by atoms with Gasteiger partial charge in [-0.15, -0.1) is 0 Å². The van der Waals surface area contributed by atoms with Crippen molar-refractivity contribution in [1.82, 2.24) is 15.1 Å². The van der Waals surface area contributed by atoms with Crippen molar-refractivity contribution >= 4 is 29.3 Å². The number of thioether (sulfide) groups is 1. The molecular weight excluding hydrogens is 286 g/mol. The molecule has 0 radical (unpaired) electrons. The molecule has 0 aromatic carbocycles. The van der Waals surface area contributed by atoms with E-state index in [1.807, 2.05) is 20.1 Å². The van der Waals surface area contributed by atoms with Crippen LogP contribution in [-0.2, 0) is 13.5 Å². The predicted octanol–water partition coefficient (Wildman–Crippen LogP) is 1.48. The van der Waals surface area contributed by atoms with Crippen LogP contribution in [-0.4, -0.2) is 44.9 Å². The maximum Gasteiger partial charge on any atom is 0.256 e. The Bertz CT molecular complexity index is 446. The lowest BCUT2D eigenvalue weighted by Crippen LogP contribution is -2.41. The van der Waals surface area contributed by atoms with Crippen molar-refractivity contribution in [3.63, 3.8) is 0 Å². The smallest absolute Gasteiger partial charge is 0.256 e. The Balaban J connectivity index is 2.89. The van der Waals surface area contributed by atoms with Crippen LogP contribution in [0.25, 0.3) is 0 Å². The van der Waals surface area contributed by atoms with Gasteiger partial charge >= 0.3 is 0 Å². The SMILES string of the molecule is CCc1nn(C)c(Cl)c1C(=O)NC(C)C(CO)SC. The highest BCUT2D eigenvalue weighted by Gasteiger charge is 2.24.